The van der Waals surface area contributed by atoms with Gasteiger partial charge in [0.1, 0.15) is 5.69 Å². The molecule has 0 saturated heterocycles. The molecule has 2 N–H and O–H groups in total. The Morgan fingerprint density at radius 3 is 1.69 bits per heavy atom. The van der Waals surface area contributed by atoms with E-state index in [1.165, 1.54) is 0 Å². The van der Waals surface area contributed by atoms with E-state index in [4.69, 9.17) is 0 Å². The Kier molecular flexibility index (Phi) is 6.43. The molecule has 6 nitrogen and oxygen atoms in total. The van der Waals surface area contributed by atoms with Gasteiger partial charge in [0.05, 0.1) is 11.4 Å². The maximum Gasteiger partial charge on any atom is 0.255 e. The van der Waals surface area contributed by atoms with Crippen LogP contribution in [0.5, 0.6) is 0 Å². The molecule has 0 fully saturated rings. The van der Waals surface area contributed by atoms with Gasteiger partial charge < -0.3 is 10.6 Å². The van der Waals surface area contributed by atoms with Crippen molar-refractivity contribution >= 4 is 34.6 Å². The van der Waals surface area contributed by atoms with Crippen LogP contribution in [-0.4, -0.2) is 11.8 Å². The van der Waals surface area contributed by atoms with Crippen LogP contribution in [0.3, 0.4) is 0 Å². The van der Waals surface area contributed by atoms with E-state index in [1.807, 2.05) is 42.5 Å². The fourth-order valence-corrected chi connectivity index (χ4v) is 2.98. The van der Waals surface area contributed by atoms with Gasteiger partial charge in [0, 0.05) is 16.8 Å². The van der Waals surface area contributed by atoms with Crippen LogP contribution in [-0.2, 0) is 0 Å². The molecule has 0 atom stereocenters. The molecule has 0 heterocycles. The SMILES string of the molecule is O=C(Nc1ccc(N=Nc2ccccc2)c(NC(=O)c2ccccc2)c1)c1ccccc1. The fourth-order valence-electron chi connectivity index (χ4n) is 2.98. The number of carbonyl (C=O) groups excluding carboxylic acids is 2. The van der Waals surface area contributed by atoms with E-state index in [9.17, 15) is 9.59 Å². The monoisotopic (exact) mass is 420 g/mol. The van der Waals surface area contributed by atoms with Crippen molar-refractivity contribution in [2.75, 3.05) is 10.6 Å². The fraction of sp³-hybridized carbons (Fsp3) is 0. The van der Waals surface area contributed by atoms with Crippen LogP contribution >= 0.6 is 0 Å². The summed E-state index contributed by atoms with van der Waals surface area (Å²) in [6.45, 7) is 0. The second-order valence-corrected chi connectivity index (χ2v) is 6.91. The number of azo groups is 1. The van der Waals surface area contributed by atoms with Crippen molar-refractivity contribution in [3.63, 3.8) is 0 Å². The second kappa shape index (κ2) is 9.95. The van der Waals surface area contributed by atoms with Crippen LogP contribution in [0.2, 0.25) is 0 Å². The highest BCUT2D eigenvalue weighted by Gasteiger charge is 2.12. The predicted octanol–water partition coefficient (Wildman–Crippen LogP) is 6.61. The summed E-state index contributed by atoms with van der Waals surface area (Å²) in [5.74, 6) is -0.530. The molecule has 0 unspecified atom stereocenters. The standard InChI is InChI=1S/C26H20N4O2/c31-25(19-10-4-1-5-11-19)27-22-16-17-23(30-29-21-14-8-3-9-15-21)24(18-22)28-26(32)20-12-6-2-7-13-20/h1-18H,(H,27,31)(H,28,32). The molecule has 4 aromatic rings. The molecule has 0 aromatic heterocycles. The van der Waals surface area contributed by atoms with Crippen molar-refractivity contribution in [2.24, 2.45) is 10.2 Å². The van der Waals surface area contributed by atoms with Gasteiger partial charge in [-0.3, -0.25) is 9.59 Å². The Balaban J connectivity index is 1.62. The summed E-state index contributed by atoms with van der Waals surface area (Å²) in [6.07, 6.45) is 0. The van der Waals surface area contributed by atoms with Gasteiger partial charge in [-0.25, -0.2) is 0 Å². The van der Waals surface area contributed by atoms with Crippen LogP contribution in [0.4, 0.5) is 22.7 Å². The Morgan fingerprint density at radius 2 is 1.09 bits per heavy atom. The average molecular weight is 420 g/mol. The largest absolute Gasteiger partial charge is 0.322 e. The van der Waals surface area contributed by atoms with Crippen LogP contribution in [0.1, 0.15) is 20.7 Å². The zero-order valence-electron chi connectivity index (χ0n) is 17.1. The van der Waals surface area contributed by atoms with Gasteiger partial charge in [-0.2, -0.15) is 5.11 Å². The molecule has 0 aliphatic heterocycles. The van der Waals surface area contributed by atoms with Crippen molar-refractivity contribution < 1.29 is 9.59 Å². The van der Waals surface area contributed by atoms with Gasteiger partial charge in [0.15, 0.2) is 0 Å². The predicted molar refractivity (Wildman–Crippen MR) is 126 cm³/mol. The number of rotatable bonds is 6. The summed E-state index contributed by atoms with van der Waals surface area (Å²) in [4.78, 5) is 25.2. The number of nitrogens with one attached hydrogen (secondary N) is 2. The van der Waals surface area contributed by atoms with E-state index in [-0.39, 0.29) is 11.8 Å². The van der Waals surface area contributed by atoms with Crippen LogP contribution in [0, 0.1) is 0 Å². The summed E-state index contributed by atoms with van der Waals surface area (Å²) < 4.78 is 0. The molecule has 32 heavy (non-hydrogen) atoms. The Morgan fingerprint density at radius 1 is 0.562 bits per heavy atom. The summed E-state index contributed by atoms with van der Waals surface area (Å²) in [7, 11) is 0. The van der Waals surface area contributed by atoms with Crippen molar-refractivity contribution in [1.29, 1.82) is 0 Å². The third-order valence-corrected chi connectivity index (χ3v) is 4.60. The molecule has 0 spiro atoms. The highest BCUT2D eigenvalue weighted by molar-refractivity contribution is 6.07. The van der Waals surface area contributed by atoms with E-state index in [1.54, 1.807) is 66.7 Å². The first-order valence-corrected chi connectivity index (χ1v) is 10.0. The highest BCUT2D eigenvalue weighted by atomic mass is 16.2. The lowest BCUT2D eigenvalue weighted by atomic mass is 10.1. The zero-order chi connectivity index (χ0) is 22.2. The van der Waals surface area contributed by atoms with Crippen molar-refractivity contribution in [2.45, 2.75) is 0 Å². The Hall–Kier alpha value is -4.58. The van der Waals surface area contributed by atoms with Crippen molar-refractivity contribution in [3.8, 4) is 0 Å². The minimum absolute atomic E-state index is 0.246. The molecule has 0 bridgehead atoms. The van der Waals surface area contributed by atoms with E-state index in [2.05, 4.69) is 20.9 Å². The number of nitrogens with zero attached hydrogens (tertiary/aromatic N) is 2. The maximum atomic E-state index is 12.7. The Labute approximate surface area is 185 Å². The number of carbonyl (C=O) groups is 2. The number of amides is 2. The summed E-state index contributed by atoms with van der Waals surface area (Å²) >= 11 is 0. The lowest BCUT2D eigenvalue weighted by molar-refractivity contribution is 0.101. The van der Waals surface area contributed by atoms with E-state index in [0.29, 0.717) is 33.9 Å². The quantitative estimate of drug-likeness (QED) is 0.344. The van der Waals surface area contributed by atoms with E-state index >= 15 is 0 Å². The average Bonchev–Trinajstić information content (AvgIpc) is 2.85. The minimum atomic E-state index is -0.284. The molecule has 6 heteroatoms. The molecule has 4 rings (SSSR count). The molecule has 0 radical (unpaired) electrons. The van der Waals surface area contributed by atoms with Crippen LogP contribution < -0.4 is 10.6 Å². The first-order chi connectivity index (χ1) is 15.7. The number of anilines is 2. The lowest BCUT2D eigenvalue weighted by Gasteiger charge is -2.11. The first kappa shape index (κ1) is 20.7. The molecule has 0 aliphatic carbocycles. The van der Waals surface area contributed by atoms with E-state index < -0.39 is 0 Å². The summed E-state index contributed by atoms with van der Waals surface area (Å²) in [5, 5.41) is 14.3. The normalized spacial score (nSPS) is 10.6. The molecule has 156 valence electrons. The highest BCUT2D eigenvalue weighted by Crippen LogP contribution is 2.31. The molecular weight excluding hydrogens is 400 g/mol. The molecule has 0 aliphatic rings. The topological polar surface area (TPSA) is 82.9 Å². The third-order valence-electron chi connectivity index (χ3n) is 4.60. The van der Waals surface area contributed by atoms with Gasteiger partial charge in [-0.15, -0.1) is 5.11 Å². The number of benzene rings is 4. The smallest absolute Gasteiger partial charge is 0.255 e. The van der Waals surface area contributed by atoms with Crippen molar-refractivity contribution in [3.05, 3.63) is 120 Å². The first-order valence-electron chi connectivity index (χ1n) is 10.0. The van der Waals surface area contributed by atoms with Gasteiger partial charge in [0.25, 0.3) is 11.8 Å². The molecule has 2 amide bonds. The van der Waals surface area contributed by atoms with Gasteiger partial charge in [-0.05, 0) is 54.6 Å². The molecule has 4 aromatic carbocycles. The number of hydrogen-bond acceptors (Lipinski definition) is 4. The summed E-state index contributed by atoms with van der Waals surface area (Å²) in [5.41, 5.74) is 3.17. The zero-order valence-corrected chi connectivity index (χ0v) is 17.1. The third kappa shape index (κ3) is 5.31. The van der Waals surface area contributed by atoms with Gasteiger partial charge in [0.2, 0.25) is 0 Å². The van der Waals surface area contributed by atoms with Gasteiger partial charge in [-0.1, -0.05) is 54.6 Å². The Bertz CT molecular complexity index is 1240. The molecular formula is C26H20N4O2. The van der Waals surface area contributed by atoms with E-state index in [0.717, 1.165) is 0 Å². The lowest BCUT2D eigenvalue weighted by Crippen LogP contribution is -2.14. The second-order valence-electron chi connectivity index (χ2n) is 6.91. The number of hydrogen-bond donors (Lipinski definition) is 2. The van der Waals surface area contributed by atoms with Crippen LogP contribution in [0.15, 0.2) is 119 Å². The summed E-state index contributed by atoms with van der Waals surface area (Å²) in [6, 6.07) is 32.2. The maximum absolute atomic E-state index is 12.7. The van der Waals surface area contributed by atoms with Gasteiger partial charge >= 0.3 is 0 Å². The van der Waals surface area contributed by atoms with Crippen LogP contribution in [0.25, 0.3) is 0 Å². The van der Waals surface area contributed by atoms with Crippen molar-refractivity contribution in [1.82, 2.24) is 0 Å². The molecule has 0 saturated carbocycles. The minimum Gasteiger partial charge on any atom is -0.322 e.